The minimum atomic E-state index is -0.0505. The molecule has 0 bridgehead atoms. The van der Waals surface area contributed by atoms with E-state index in [9.17, 15) is 0 Å². The number of hydrogen-bond donors (Lipinski definition) is 3. The van der Waals surface area contributed by atoms with Crippen molar-refractivity contribution in [1.29, 1.82) is 0 Å². The summed E-state index contributed by atoms with van der Waals surface area (Å²) in [5.41, 5.74) is 1.09. The van der Waals surface area contributed by atoms with Crippen molar-refractivity contribution in [2.24, 2.45) is 0 Å². The van der Waals surface area contributed by atoms with Crippen molar-refractivity contribution in [3.8, 4) is 0 Å². The van der Waals surface area contributed by atoms with E-state index in [-0.39, 0.29) is 18.8 Å². The Labute approximate surface area is 125 Å². The number of hydrogen-bond acceptors (Lipinski definition) is 6. The van der Waals surface area contributed by atoms with Gasteiger partial charge in [-0.25, -0.2) is 4.98 Å². The Balaban J connectivity index is 1.68. The molecule has 1 aliphatic heterocycles. The quantitative estimate of drug-likeness (QED) is 0.710. The zero-order valence-corrected chi connectivity index (χ0v) is 12.5. The molecule has 21 heavy (non-hydrogen) atoms. The van der Waals surface area contributed by atoms with Crippen molar-refractivity contribution in [1.82, 2.24) is 9.97 Å². The summed E-state index contributed by atoms with van der Waals surface area (Å²) in [4.78, 5) is 9.05. The third-order valence-electron chi connectivity index (χ3n) is 3.93. The van der Waals surface area contributed by atoms with E-state index < -0.39 is 0 Å². The Morgan fingerprint density at radius 3 is 2.90 bits per heavy atom. The van der Waals surface area contributed by atoms with Crippen LogP contribution in [0.1, 0.15) is 44.2 Å². The van der Waals surface area contributed by atoms with Gasteiger partial charge in [0.1, 0.15) is 5.82 Å². The van der Waals surface area contributed by atoms with Crippen LogP contribution in [0.4, 0.5) is 11.8 Å². The Bertz CT molecular complexity index is 473. The van der Waals surface area contributed by atoms with Crippen LogP contribution in [0.3, 0.4) is 0 Å². The van der Waals surface area contributed by atoms with Gasteiger partial charge in [-0.2, -0.15) is 4.98 Å². The van der Waals surface area contributed by atoms with E-state index in [0.717, 1.165) is 37.5 Å². The van der Waals surface area contributed by atoms with Crippen molar-refractivity contribution < 1.29 is 9.84 Å². The number of ether oxygens (including phenoxy) is 1. The molecule has 6 nitrogen and oxygen atoms in total. The Morgan fingerprint density at radius 2 is 2.24 bits per heavy atom. The third-order valence-corrected chi connectivity index (χ3v) is 3.93. The lowest BCUT2D eigenvalue weighted by Gasteiger charge is -2.15. The first-order valence-corrected chi connectivity index (χ1v) is 7.86. The first-order chi connectivity index (χ1) is 10.2. The maximum absolute atomic E-state index is 9.15. The molecule has 2 fully saturated rings. The smallest absolute Gasteiger partial charge is 0.225 e. The Kier molecular flexibility index (Phi) is 4.55. The van der Waals surface area contributed by atoms with Crippen molar-refractivity contribution in [2.75, 3.05) is 30.4 Å². The predicted molar refractivity (Wildman–Crippen MR) is 81.6 cm³/mol. The lowest BCUT2D eigenvalue weighted by atomic mass is 10.2. The van der Waals surface area contributed by atoms with E-state index in [1.165, 1.54) is 12.8 Å². The molecule has 3 rings (SSSR count). The minimum Gasteiger partial charge on any atom is -0.394 e. The van der Waals surface area contributed by atoms with Crippen LogP contribution in [0, 0.1) is 0 Å². The third kappa shape index (κ3) is 4.04. The van der Waals surface area contributed by atoms with Crippen LogP contribution in [-0.2, 0) is 4.74 Å². The zero-order chi connectivity index (χ0) is 14.7. The van der Waals surface area contributed by atoms with Gasteiger partial charge in [0, 0.05) is 31.2 Å². The summed E-state index contributed by atoms with van der Waals surface area (Å²) in [5.74, 6) is 2.01. The number of rotatable bonds is 7. The van der Waals surface area contributed by atoms with E-state index in [0.29, 0.717) is 11.9 Å². The summed E-state index contributed by atoms with van der Waals surface area (Å²) in [6, 6.07) is 1.99. The SMILES string of the molecule is C[C@H](CO)Nc1nc(NC[C@@H]2CCCO2)cc(C2CC2)n1. The monoisotopic (exact) mass is 292 g/mol. The zero-order valence-electron chi connectivity index (χ0n) is 12.5. The molecule has 3 N–H and O–H groups in total. The lowest BCUT2D eigenvalue weighted by molar-refractivity contribution is 0.120. The fourth-order valence-electron chi connectivity index (χ4n) is 2.50. The van der Waals surface area contributed by atoms with Gasteiger partial charge < -0.3 is 20.5 Å². The van der Waals surface area contributed by atoms with Crippen LogP contribution in [-0.4, -0.2) is 47.0 Å². The summed E-state index contributed by atoms with van der Waals surface area (Å²) in [7, 11) is 0. The molecule has 1 aliphatic carbocycles. The molecule has 116 valence electrons. The molecule has 0 radical (unpaired) electrons. The largest absolute Gasteiger partial charge is 0.394 e. The average molecular weight is 292 g/mol. The second kappa shape index (κ2) is 6.58. The molecule has 1 aromatic rings. The standard InChI is InChI=1S/C15H24N4O2/c1-10(9-20)17-15-18-13(11-4-5-11)7-14(19-15)16-8-12-3-2-6-21-12/h7,10-12,20H,2-6,8-9H2,1H3,(H2,16,17,18,19)/t10-,12+/m1/s1. The molecule has 2 aliphatic rings. The summed E-state index contributed by atoms with van der Waals surface area (Å²) < 4.78 is 5.62. The number of aliphatic hydroxyl groups is 1. The molecule has 0 aromatic carbocycles. The number of aromatic nitrogens is 2. The molecule has 1 aromatic heterocycles. The van der Waals surface area contributed by atoms with E-state index in [1.807, 2.05) is 13.0 Å². The first-order valence-electron chi connectivity index (χ1n) is 7.86. The molecule has 0 unspecified atom stereocenters. The molecule has 2 heterocycles. The van der Waals surface area contributed by atoms with Gasteiger partial charge in [0.25, 0.3) is 0 Å². The molecule has 1 saturated heterocycles. The van der Waals surface area contributed by atoms with Crippen molar-refractivity contribution in [3.05, 3.63) is 11.8 Å². The number of anilines is 2. The Hall–Kier alpha value is -1.40. The van der Waals surface area contributed by atoms with E-state index >= 15 is 0 Å². The van der Waals surface area contributed by atoms with Crippen LogP contribution in [0.5, 0.6) is 0 Å². The van der Waals surface area contributed by atoms with Gasteiger partial charge >= 0.3 is 0 Å². The van der Waals surface area contributed by atoms with Gasteiger partial charge in [0.05, 0.1) is 18.4 Å². The highest BCUT2D eigenvalue weighted by Crippen LogP contribution is 2.39. The number of nitrogens with one attached hydrogen (secondary N) is 2. The maximum Gasteiger partial charge on any atom is 0.225 e. The summed E-state index contributed by atoms with van der Waals surface area (Å²) in [6.07, 6.45) is 4.95. The van der Waals surface area contributed by atoms with Crippen LogP contribution in [0.15, 0.2) is 6.07 Å². The topological polar surface area (TPSA) is 79.3 Å². The first kappa shape index (κ1) is 14.5. The molecule has 0 spiro atoms. The number of aliphatic hydroxyl groups excluding tert-OH is 1. The van der Waals surface area contributed by atoms with Crippen LogP contribution >= 0.6 is 0 Å². The van der Waals surface area contributed by atoms with Crippen LogP contribution < -0.4 is 10.6 Å². The second-order valence-electron chi connectivity index (χ2n) is 6.02. The normalized spacial score (nSPS) is 23.0. The summed E-state index contributed by atoms with van der Waals surface area (Å²) >= 11 is 0. The van der Waals surface area contributed by atoms with E-state index in [1.54, 1.807) is 0 Å². The fourth-order valence-corrected chi connectivity index (χ4v) is 2.50. The average Bonchev–Trinajstić information content (AvgIpc) is 3.21. The molecule has 2 atom stereocenters. The van der Waals surface area contributed by atoms with Crippen molar-refractivity contribution in [2.45, 2.75) is 50.7 Å². The van der Waals surface area contributed by atoms with Gasteiger partial charge in [-0.3, -0.25) is 0 Å². The van der Waals surface area contributed by atoms with Crippen molar-refractivity contribution in [3.63, 3.8) is 0 Å². The molecule has 0 amide bonds. The van der Waals surface area contributed by atoms with Gasteiger partial charge in [0.2, 0.25) is 5.95 Å². The van der Waals surface area contributed by atoms with Gasteiger partial charge in [-0.15, -0.1) is 0 Å². The molecule has 6 heteroatoms. The van der Waals surface area contributed by atoms with Crippen LogP contribution in [0.25, 0.3) is 0 Å². The minimum absolute atomic E-state index is 0.0505. The van der Waals surface area contributed by atoms with Gasteiger partial charge in [0.15, 0.2) is 0 Å². The van der Waals surface area contributed by atoms with Crippen molar-refractivity contribution >= 4 is 11.8 Å². The maximum atomic E-state index is 9.15. The summed E-state index contributed by atoms with van der Waals surface area (Å²) in [6.45, 7) is 3.63. The van der Waals surface area contributed by atoms with Gasteiger partial charge in [-0.05, 0) is 32.6 Å². The highest BCUT2D eigenvalue weighted by atomic mass is 16.5. The predicted octanol–water partition coefficient (Wildman–Crippen LogP) is 1.74. The second-order valence-corrected chi connectivity index (χ2v) is 6.02. The molecule has 1 saturated carbocycles. The van der Waals surface area contributed by atoms with E-state index in [4.69, 9.17) is 9.84 Å². The van der Waals surface area contributed by atoms with E-state index in [2.05, 4.69) is 20.6 Å². The summed E-state index contributed by atoms with van der Waals surface area (Å²) in [5, 5.41) is 15.7. The number of nitrogens with zero attached hydrogens (tertiary/aromatic N) is 2. The Morgan fingerprint density at radius 1 is 1.38 bits per heavy atom. The van der Waals surface area contributed by atoms with Crippen LogP contribution in [0.2, 0.25) is 0 Å². The highest BCUT2D eigenvalue weighted by Gasteiger charge is 2.26. The molecular formula is C15H24N4O2. The highest BCUT2D eigenvalue weighted by molar-refractivity contribution is 5.44. The molecular weight excluding hydrogens is 268 g/mol. The van der Waals surface area contributed by atoms with Gasteiger partial charge in [-0.1, -0.05) is 0 Å². The fraction of sp³-hybridized carbons (Fsp3) is 0.733. The lowest BCUT2D eigenvalue weighted by Crippen LogP contribution is -2.23.